The van der Waals surface area contributed by atoms with E-state index in [4.69, 9.17) is 4.74 Å². The van der Waals surface area contributed by atoms with E-state index in [1.807, 2.05) is 30.5 Å². The standard InChI is InChI=1S/C14H17NO2/c1-14(16,7-8-17-2)13-10-15-9-11-5-3-4-6-12(11)13/h3-6,9-10,16H,7-8H2,1-2H3. The zero-order chi connectivity index (χ0) is 12.3. The van der Waals surface area contributed by atoms with Gasteiger partial charge in [0.25, 0.3) is 0 Å². The predicted molar refractivity (Wildman–Crippen MR) is 67.8 cm³/mol. The summed E-state index contributed by atoms with van der Waals surface area (Å²) >= 11 is 0. The van der Waals surface area contributed by atoms with Crippen LogP contribution in [0, 0.1) is 0 Å². The lowest BCUT2D eigenvalue weighted by Gasteiger charge is -2.24. The summed E-state index contributed by atoms with van der Waals surface area (Å²) in [5.74, 6) is 0. The molecular weight excluding hydrogens is 214 g/mol. The van der Waals surface area contributed by atoms with Crippen molar-refractivity contribution in [2.45, 2.75) is 18.9 Å². The van der Waals surface area contributed by atoms with Crippen LogP contribution in [0.25, 0.3) is 10.8 Å². The van der Waals surface area contributed by atoms with Gasteiger partial charge in [-0.3, -0.25) is 4.98 Å². The Balaban J connectivity index is 2.47. The first-order valence-corrected chi connectivity index (χ1v) is 5.70. The van der Waals surface area contributed by atoms with Crippen molar-refractivity contribution >= 4 is 10.8 Å². The van der Waals surface area contributed by atoms with Gasteiger partial charge >= 0.3 is 0 Å². The summed E-state index contributed by atoms with van der Waals surface area (Å²) in [4.78, 5) is 4.19. The van der Waals surface area contributed by atoms with E-state index < -0.39 is 5.60 Å². The van der Waals surface area contributed by atoms with Crippen LogP contribution in [0.15, 0.2) is 36.7 Å². The lowest BCUT2D eigenvalue weighted by Crippen LogP contribution is -2.23. The summed E-state index contributed by atoms with van der Waals surface area (Å²) in [6.45, 7) is 2.33. The van der Waals surface area contributed by atoms with Crippen molar-refractivity contribution in [1.29, 1.82) is 0 Å². The maximum atomic E-state index is 10.5. The molecule has 0 bridgehead atoms. The summed E-state index contributed by atoms with van der Waals surface area (Å²) < 4.78 is 5.03. The molecule has 3 nitrogen and oxygen atoms in total. The van der Waals surface area contributed by atoms with Crippen molar-refractivity contribution in [3.8, 4) is 0 Å². The van der Waals surface area contributed by atoms with Gasteiger partial charge in [0.15, 0.2) is 0 Å². The minimum absolute atomic E-state index is 0.524. The molecule has 0 radical (unpaired) electrons. The van der Waals surface area contributed by atoms with Crippen molar-refractivity contribution in [1.82, 2.24) is 4.98 Å². The SMILES string of the molecule is COCCC(C)(O)c1cncc2ccccc12. The first-order chi connectivity index (χ1) is 8.15. The highest BCUT2D eigenvalue weighted by atomic mass is 16.5. The Bertz CT molecular complexity index is 503. The van der Waals surface area contributed by atoms with Gasteiger partial charge in [-0.15, -0.1) is 0 Å². The highest BCUT2D eigenvalue weighted by Gasteiger charge is 2.25. The smallest absolute Gasteiger partial charge is 0.0911 e. The molecule has 0 saturated carbocycles. The fraction of sp³-hybridized carbons (Fsp3) is 0.357. The second kappa shape index (κ2) is 4.82. The number of fused-ring (bicyclic) bond motifs is 1. The van der Waals surface area contributed by atoms with Gasteiger partial charge < -0.3 is 9.84 Å². The van der Waals surface area contributed by atoms with Crippen LogP contribution >= 0.6 is 0 Å². The third kappa shape index (κ3) is 2.46. The van der Waals surface area contributed by atoms with E-state index in [2.05, 4.69) is 4.98 Å². The molecule has 1 aromatic carbocycles. The van der Waals surface area contributed by atoms with E-state index in [1.165, 1.54) is 0 Å². The molecular formula is C14H17NO2. The number of aliphatic hydroxyl groups is 1. The van der Waals surface area contributed by atoms with Crippen molar-refractivity contribution in [3.63, 3.8) is 0 Å². The summed E-state index contributed by atoms with van der Waals surface area (Å²) in [5.41, 5.74) is -0.0585. The summed E-state index contributed by atoms with van der Waals surface area (Å²) in [5, 5.41) is 12.6. The van der Waals surface area contributed by atoms with Crippen molar-refractivity contribution in [2.24, 2.45) is 0 Å². The molecule has 1 aromatic heterocycles. The molecule has 0 spiro atoms. The number of methoxy groups -OCH3 is 1. The molecule has 0 fully saturated rings. The number of aromatic nitrogens is 1. The van der Waals surface area contributed by atoms with Gasteiger partial charge in [-0.25, -0.2) is 0 Å². The maximum absolute atomic E-state index is 10.5. The highest BCUT2D eigenvalue weighted by molar-refractivity contribution is 5.85. The van der Waals surface area contributed by atoms with Gasteiger partial charge in [-0.2, -0.15) is 0 Å². The van der Waals surface area contributed by atoms with Gasteiger partial charge in [0.1, 0.15) is 0 Å². The van der Waals surface area contributed by atoms with Crippen LogP contribution in [0.2, 0.25) is 0 Å². The quantitative estimate of drug-likeness (QED) is 0.879. The molecule has 0 aliphatic rings. The Labute approximate surface area is 101 Å². The monoisotopic (exact) mass is 231 g/mol. The van der Waals surface area contributed by atoms with E-state index in [-0.39, 0.29) is 0 Å². The van der Waals surface area contributed by atoms with Gasteiger partial charge in [-0.1, -0.05) is 24.3 Å². The Morgan fingerprint density at radius 3 is 2.82 bits per heavy atom. The van der Waals surface area contributed by atoms with Crippen molar-refractivity contribution in [3.05, 3.63) is 42.2 Å². The molecule has 0 aliphatic carbocycles. The first-order valence-electron chi connectivity index (χ1n) is 5.70. The summed E-state index contributed by atoms with van der Waals surface area (Å²) in [6, 6.07) is 7.95. The minimum atomic E-state index is -0.913. The Hall–Kier alpha value is -1.45. The minimum Gasteiger partial charge on any atom is -0.385 e. The van der Waals surface area contributed by atoms with Crippen LogP contribution in [-0.4, -0.2) is 23.8 Å². The molecule has 1 unspecified atom stereocenters. The van der Waals surface area contributed by atoms with Gasteiger partial charge in [0.05, 0.1) is 5.60 Å². The Morgan fingerprint density at radius 1 is 1.29 bits per heavy atom. The highest BCUT2D eigenvalue weighted by Crippen LogP contribution is 2.30. The molecule has 1 N–H and O–H groups in total. The van der Waals surface area contributed by atoms with Crippen LogP contribution in [0.3, 0.4) is 0 Å². The summed E-state index contributed by atoms with van der Waals surface area (Å²) in [6.07, 6.45) is 4.10. The number of hydrogen-bond donors (Lipinski definition) is 1. The lowest BCUT2D eigenvalue weighted by atomic mass is 9.90. The average Bonchev–Trinajstić information content (AvgIpc) is 2.36. The number of nitrogens with zero attached hydrogens (tertiary/aromatic N) is 1. The number of hydrogen-bond acceptors (Lipinski definition) is 3. The molecule has 1 atom stereocenters. The van der Waals surface area contributed by atoms with E-state index in [1.54, 1.807) is 20.2 Å². The Morgan fingerprint density at radius 2 is 2.06 bits per heavy atom. The molecule has 0 amide bonds. The van der Waals surface area contributed by atoms with Crippen LogP contribution < -0.4 is 0 Å². The average molecular weight is 231 g/mol. The number of rotatable bonds is 4. The fourth-order valence-corrected chi connectivity index (χ4v) is 1.98. The van der Waals surface area contributed by atoms with Gasteiger partial charge in [-0.05, 0) is 12.3 Å². The molecule has 17 heavy (non-hydrogen) atoms. The van der Waals surface area contributed by atoms with Crippen LogP contribution in [0.4, 0.5) is 0 Å². The molecule has 2 rings (SSSR count). The van der Waals surface area contributed by atoms with Crippen molar-refractivity contribution < 1.29 is 9.84 Å². The lowest BCUT2D eigenvalue weighted by molar-refractivity contribution is 0.0220. The Kier molecular flexibility index (Phi) is 3.41. The molecule has 0 saturated heterocycles. The van der Waals surface area contributed by atoms with Crippen molar-refractivity contribution in [2.75, 3.05) is 13.7 Å². The third-order valence-electron chi connectivity index (χ3n) is 3.04. The topological polar surface area (TPSA) is 42.4 Å². The van der Waals surface area contributed by atoms with E-state index >= 15 is 0 Å². The second-order valence-electron chi connectivity index (χ2n) is 4.42. The molecule has 1 heterocycles. The normalized spacial score (nSPS) is 14.8. The van der Waals surface area contributed by atoms with Crippen LogP contribution in [0.1, 0.15) is 18.9 Å². The molecule has 2 aromatic rings. The maximum Gasteiger partial charge on any atom is 0.0911 e. The van der Waals surface area contributed by atoms with E-state index in [0.717, 1.165) is 16.3 Å². The molecule has 90 valence electrons. The largest absolute Gasteiger partial charge is 0.385 e. The van der Waals surface area contributed by atoms with Gasteiger partial charge in [0, 0.05) is 43.5 Å². The molecule has 0 aliphatic heterocycles. The fourth-order valence-electron chi connectivity index (χ4n) is 1.98. The van der Waals surface area contributed by atoms with E-state index in [9.17, 15) is 5.11 Å². The number of ether oxygens (including phenoxy) is 1. The number of benzene rings is 1. The van der Waals surface area contributed by atoms with Gasteiger partial charge in [0.2, 0.25) is 0 Å². The van der Waals surface area contributed by atoms with Crippen LogP contribution in [-0.2, 0) is 10.3 Å². The first kappa shape index (κ1) is 12.0. The second-order valence-corrected chi connectivity index (χ2v) is 4.42. The van der Waals surface area contributed by atoms with Crippen LogP contribution in [0.5, 0.6) is 0 Å². The third-order valence-corrected chi connectivity index (χ3v) is 3.04. The molecule has 3 heteroatoms. The van der Waals surface area contributed by atoms with E-state index in [0.29, 0.717) is 13.0 Å². The summed E-state index contributed by atoms with van der Waals surface area (Å²) in [7, 11) is 1.64. The zero-order valence-electron chi connectivity index (χ0n) is 10.2. The zero-order valence-corrected chi connectivity index (χ0v) is 10.2. The predicted octanol–water partition coefficient (Wildman–Crippen LogP) is 2.48. The number of pyridine rings is 1.